The van der Waals surface area contributed by atoms with E-state index in [-0.39, 0.29) is 0 Å². The molecule has 0 amide bonds. The molecule has 3 heteroatoms. The number of aliphatic carboxylic acids is 1. The second-order valence-electron chi connectivity index (χ2n) is 5.57. The molecule has 2 aromatic rings. The van der Waals surface area contributed by atoms with Gasteiger partial charge in [0.1, 0.15) is 11.0 Å². The summed E-state index contributed by atoms with van der Waals surface area (Å²) in [5, 5.41) is 10.2. The number of aliphatic imine (C=N–C) groups is 1. The molecule has 1 heterocycles. The number of carboxylic acid groups (broad SMARTS) is 1. The maximum atomic E-state index is 12.5. The third-order valence-corrected chi connectivity index (χ3v) is 4.34. The van der Waals surface area contributed by atoms with E-state index in [1.165, 1.54) is 0 Å². The molecule has 3 nitrogen and oxygen atoms in total. The average Bonchev–Trinajstić information content (AvgIpc) is 2.97. The first-order chi connectivity index (χ1) is 10.6. The van der Waals surface area contributed by atoms with Crippen molar-refractivity contribution in [1.29, 1.82) is 0 Å². The van der Waals surface area contributed by atoms with Crippen molar-refractivity contribution in [3.63, 3.8) is 0 Å². The summed E-state index contributed by atoms with van der Waals surface area (Å²) >= 11 is 0. The Balaban J connectivity index is 2.37. The monoisotopic (exact) mass is 291 g/mol. The number of carboxylic acids is 1. The summed E-state index contributed by atoms with van der Waals surface area (Å²) in [6, 6.07) is 18.6. The maximum Gasteiger partial charge on any atom is 0.321 e. The van der Waals surface area contributed by atoms with Crippen LogP contribution in [0.3, 0.4) is 0 Å². The summed E-state index contributed by atoms with van der Waals surface area (Å²) < 4.78 is 0. The van der Waals surface area contributed by atoms with Gasteiger partial charge in [0, 0.05) is 6.21 Å². The highest BCUT2D eigenvalue weighted by Gasteiger charge is 2.56. The summed E-state index contributed by atoms with van der Waals surface area (Å²) in [6.07, 6.45) is 5.34. The fourth-order valence-electron chi connectivity index (χ4n) is 3.28. The molecule has 0 aromatic heterocycles. The molecular formula is C19H17NO2. The first-order valence-electron chi connectivity index (χ1n) is 7.19. The standard InChI is InChI=1S/C19H17NO2/c1-18(13-8-14-20-18)19(17(21)22,15-9-4-2-5-10-15)16-11-6-3-7-12-16/h2-14H,1H3,(H,21,22). The van der Waals surface area contributed by atoms with Crippen LogP contribution < -0.4 is 0 Å². The Kier molecular flexibility index (Phi) is 3.41. The number of benzene rings is 2. The Morgan fingerprint density at radius 2 is 1.50 bits per heavy atom. The predicted molar refractivity (Wildman–Crippen MR) is 87.3 cm³/mol. The number of rotatable bonds is 4. The molecule has 0 aliphatic carbocycles. The van der Waals surface area contributed by atoms with Crippen molar-refractivity contribution in [1.82, 2.24) is 0 Å². The van der Waals surface area contributed by atoms with E-state index in [0.29, 0.717) is 0 Å². The van der Waals surface area contributed by atoms with Gasteiger partial charge in [0.25, 0.3) is 0 Å². The van der Waals surface area contributed by atoms with Gasteiger partial charge in [-0.2, -0.15) is 0 Å². The molecule has 1 unspecified atom stereocenters. The predicted octanol–water partition coefficient (Wildman–Crippen LogP) is 3.46. The third-order valence-electron chi connectivity index (χ3n) is 4.34. The van der Waals surface area contributed by atoms with E-state index < -0.39 is 16.9 Å². The molecule has 0 saturated carbocycles. The van der Waals surface area contributed by atoms with Crippen molar-refractivity contribution in [3.8, 4) is 0 Å². The van der Waals surface area contributed by atoms with Crippen LogP contribution in [0, 0.1) is 0 Å². The molecule has 1 N–H and O–H groups in total. The molecule has 0 bridgehead atoms. The van der Waals surface area contributed by atoms with Crippen molar-refractivity contribution < 1.29 is 9.90 Å². The van der Waals surface area contributed by atoms with Crippen LogP contribution in [-0.4, -0.2) is 22.8 Å². The normalized spacial score (nSPS) is 20.2. The zero-order chi connectivity index (χ0) is 15.6. The van der Waals surface area contributed by atoms with Crippen LogP contribution >= 0.6 is 0 Å². The van der Waals surface area contributed by atoms with Gasteiger partial charge in [-0.1, -0.05) is 66.7 Å². The van der Waals surface area contributed by atoms with Crippen LogP contribution in [0.15, 0.2) is 77.8 Å². The first-order valence-corrected chi connectivity index (χ1v) is 7.19. The summed E-state index contributed by atoms with van der Waals surface area (Å²) in [5.41, 5.74) is -0.694. The van der Waals surface area contributed by atoms with Crippen LogP contribution in [-0.2, 0) is 10.2 Å². The molecule has 2 aromatic carbocycles. The van der Waals surface area contributed by atoms with E-state index in [2.05, 4.69) is 4.99 Å². The van der Waals surface area contributed by atoms with Gasteiger partial charge in [0.05, 0.1) is 0 Å². The van der Waals surface area contributed by atoms with Crippen molar-refractivity contribution in [2.45, 2.75) is 17.9 Å². The third kappa shape index (κ3) is 1.90. The smallest absolute Gasteiger partial charge is 0.321 e. The molecular weight excluding hydrogens is 274 g/mol. The molecule has 3 rings (SSSR count). The Morgan fingerprint density at radius 3 is 1.86 bits per heavy atom. The summed E-state index contributed by atoms with van der Waals surface area (Å²) in [7, 11) is 0. The van der Waals surface area contributed by atoms with Gasteiger partial charge >= 0.3 is 5.97 Å². The van der Waals surface area contributed by atoms with E-state index >= 15 is 0 Å². The number of hydrogen-bond donors (Lipinski definition) is 1. The summed E-state index contributed by atoms with van der Waals surface area (Å²) in [5.74, 6) is -0.906. The van der Waals surface area contributed by atoms with Gasteiger partial charge in [-0.15, -0.1) is 0 Å². The lowest BCUT2D eigenvalue weighted by Gasteiger charge is -2.41. The van der Waals surface area contributed by atoms with Crippen molar-refractivity contribution in [2.75, 3.05) is 0 Å². The van der Waals surface area contributed by atoms with E-state index in [0.717, 1.165) is 11.1 Å². The van der Waals surface area contributed by atoms with E-state index in [4.69, 9.17) is 0 Å². The van der Waals surface area contributed by atoms with Crippen LogP contribution in [0.5, 0.6) is 0 Å². The number of nitrogens with zero attached hydrogens (tertiary/aromatic N) is 1. The zero-order valence-corrected chi connectivity index (χ0v) is 12.3. The van der Waals surface area contributed by atoms with Gasteiger partial charge in [-0.3, -0.25) is 9.79 Å². The lowest BCUT2D eigenvalue weighted by atomic mass is 9.62. The lowest BCUT2D eigenvalue weighted by molar-refractivity contribution is -0.143. The largest absolute Gasteiger partial charge is 0.480 e. The Labute approximate surface area is 129 Å². The second-order valence-corrected chi connectivity index (χ2v) is 5.57. The quantitative estimate of drug-likeness (QED) is 0.938. The molecule has 0 radical (unpaired) electrons. The zero-order valence-electron chi connectivity index (χ0n) is 12.3. The Hall–Kier alpha value is -2.68. The van der Waals surface area contributed by atoms with Crippen LogP contribution in [0.4, 0.5) is 0 Å². The molecule has 1 atom stereocenters. The molecule has 1 aliphatic heterocycles. The topological polar surface area (TPSA) is 49.7 Å². The SMILES string of the molecule is CC1(C(C(=O)O)(c2ccccc2)c2ccccc2)C=CC=N1. The first kappa shape index (κ1) is 14.3. The summed E-state index contributed by atoms with van der Waals surface area (Å²) in [6.45, 7) is 1.86. The van der Waals surface area contributed by atoms with Crippen molar-refractivity contribution >= 4 is 12.2 Å². The number of hydrogen-bond acceptors (Lipinski definition) is 2. The number of carbonyl (C=O) groups is 1. The fraction of sp³-hybridized carbons (Fsp3) is 0.158. The highest BCUT2D eigenvalue weighted by Crippen LogP contribution is 2.46. The Bertz CT molecular complexity index is 681. The van der Waals surface area contributed by atoms with Crippen LogP contribution in [0.1, 0.15) is 18.1 Å². The minimum Gasteiger partial charge on any atom is -0.480 e. The number of allylic oxidation sites excluding steroid dienone is 1. The minimum absolute atomic E-state index is 0.722. The highest BCUT2D eigenvalue weighted by molar-refractivity contribution is 5.91. The van der Waals surface area contributed by atoms with E-state index in [1.54, 1.807) is 6.21 Å². The average molecular weight is 291 g/mol. The molecule has 0 saturated heterocycles. The molecule has 110 valence electrons. The van der Waals surface area contributed by atoms with Gasteiger partial charge in [-0.25, -0.2) is 0 Å². The lowest BCUT2D eigenvalue weighted by Crippen LogP contribution is -2.53. The van der Waals surface area contributed by atoms with Crippen LogP contribution in [0.25, 0.3) is 0 Å². The van der Waals surface area contributed by atoms with E-state index in [1.807, 2.05) is 79.7 Å². The summed E-state index contributed by atoms with van der Waals surface area (Å²) in [4.78, 5) is 17.0. The van der Waals surface area contributed by atoms with Crippen molar-refractivity contribution in [2.24, 2.45) is 4.99 Å². The molecule has 22 heavy (non-hydrogen) atoms. The highest BCUT2D eigenvalue weighted by atomic mass is 16.4. The Morgan fingerprint density at radius 1 is 1.00 bits per heavy atom. The maximum absolute atomic E-state index is 12.5. The van der Waals surface area contributed by atoms with Gasteiger partial charge < -0.3 is 5.11 Å². The van der Waals surface area contributed by atoms with E-state index in [9.17, 15) is 9.90 Å². The molecule has 0 spiro atoms. The molecule has 0 fully saturated rings. The van der Waals surface area contributed by atoms with Crippen molar-refractivity contribution in [3.05, 3.63) is 83.9 Å². The van der Waals surface area contributed by atoms with Gasteiger partial charge in [0.15, 0.2) is 0 Å². The van der Waals surface area contributed by atoms with Gasteiger partial charge in [0.2, 0.25) is 0 Å². The fourth-order valence-corrected chi connectivity index (χ4v) is 3.28. The minimum atomic E-state index is -1.26. The second kappa shape index (κ2) is 5.26. The van der Waals surface area contributed by atoms with Gasteiger partial charge in [-0.05, 0) is 24.1 Å². The molecule has 1 aliphatic rings. The van der Waals surface area contributed by atoms with Crippen LogP contribution in [0.2, 0.25) is 0 Å².